The second-order valence-electron chi connectivity index (χ2n) is 4.61. The molecule has 2 amide bonds. The highest BCUT2D eigenvalue weighted by molar-refractivity contribution is 9.10. The first-order chi connectivity index (χ1) is 10.2. The average Bonchev–Trinajstić information content (AvgIpc) is 2.87. The number of amides is 2. The van der Waals surface area contributed by atoms with Gasteiger partial charge in [0.1, 0.15) is 6.61 Å². The van der Waals surface area contributed by atoms with E-state index >= 15 is 0 Å². The van der Waals surface area contributed by atoms with Crippen LogP contribution in [0.1, 0.15) is 12.5 Å². The average molecular weight is 358 g/mol. The summed E-state index contributed by atoms with van der Waals surface area (Å²) >= 11 is 3.48. The molecule has 1 aliphatic heterocycles. The molecule has 116 valence electrons. The summed E-state index contributed by atoms with van der Waals surface area (Å²) in [5.41, 5.74) is 6.63. The highest BCUT2D eigenvalue weighted by Crippen LogP contribution is 2.36. The summed E-state index contributed by atoms with van der Waals surface area (Å²) in [6, 6.07) is 3.76. The van der Waals surface area contributed by atoms with Gasteiger partial charge in [0.05, 0.1) is 17.6 Å². The van der Waals surface area contributed by atoms with Crippen LogP contribution in [0.2, 0.25) is 0 Å². The molecule has 1 aliphatic rings. The molecule has 1 saturated heterocycles. The molecule has 1 aromatic carbocycles. The Balaban J connectivity index is 2.02. The molecule has 0 saturated carbocycles. The number of nitrogens with one attached hydrogen (secondary N) is 1. The van der Waals surface area contributed by atoms with E-state index in [1.807, 2.05) is 19.1 Å². The maximum atomic E-state index is 11.4. The first-order valence-electron chi connectivity index (χ1n) is 6.96. The third-order valence-electron chi connectivity index (χ3n) is 3.16. The van der Waals surface area contributed by atoms with Crippen LogP contribution in [0.3, 0.4) is 0 Å². The van der Waals surface area contributed by atoms with E-state index in [0.717, 1.165) is 10.0 Å². The Bertz CT molecular complexity index is 510. The summed E-state index contributed by atoms with van der Waals surface area (Å²) < 4.78 is 12.2. The second kappa shape index (κ2) is 7.51. The van der Waals surface area contributed by atoms with Crippen molar-refractivity contribution in [3.8, 4) is 11.5 Å². The van der Waals surface area contributed by atoms with Gasteiger partial charge >= 0.3 is 6.03 Å². The van der Waals surface area contributed by atoms with E-state index in [-0.39, 0.29) is 6.03 Å². The summed E-state index contributed by atoms with van der Waals surface area (Å²) in [5.74, 6) is 1.31. The van der Waals surface area contributed by atoms with Crippen molar-refractivity contribution < 1.29 is 14.3 Å². The number of nitrogens with zero attached hydrogens (tertiary/aromatic N) is 1. The van der Waals surface area contributed by atoms with Crippen LogP contribution < -0.4 is 20.5 Å². The summed E-state index contributed by atoms with van der Waals surface area (Å²) in [7, 11) is 0. The molecule has 2 rings (SSSR count). The van der Waals surface area contributed by atoms with Crippen molar-refractivity contribution in [3.05, 3.63) is 22.2 Å². The molecule has 0 bridgehead atoms. The number of urea groups is 1. The molecule has 0 aromatic heterocycles. The van der Waals surface area contributed by atoms with E-state index in [1.165, 1.54) is 0 Å². The smallest absolute Gasteiger partial charge is 0.317 e. The van der Waals surface area contributed by atoms with Gasteiger partial charge in [0, 0.05) is 19.6 Å². The van der Waals surface area contributed by atoms with Crippen LogP contribution >= 0.6 is 15.9 Å². The lowest BCUT2D eigenvalue weighted by molar-refractivity contribution is 0.200. The van der Waals surface area contributed by atoms with Gasteiger partial charge in [-0.25, -0.2) is 4.79 Å². The van der Waals surface area contributed by atoms with Crippen molar-refractivity contribution in [1.29, 1.82) is 0 Å². The van der Waals surface area contributed by atoms with Gasteiger partial charge in [0.15, 0.2) is 11.5 Å². The Kier molecular flexibility index (Phi) is 5.69. The highest BCUT2D eigenvalue weighted by Gasteiger charge is 2.19. The number of halogens is 1. The lowest BCUT2D eigenvalue weighted by Gasteiger charge is -2.18. The molecule has 7 heteroatoms. The first-order valence-corrected chi connectivity index (χ1v) is 7.75. The largest absolute Gasteiger partial charge is 0.490 e. The minimum absolute atomic E-state index is 0.0406. The van der Waals surface area contributed by atoms with Crippen molar-refractivity contribution >= 4 is 22.0 Å². The van der Waals surface area contributed by atoms with Crippen LogP contribution in [-0.2, 0) is 6.54 Å². The number of benzene rings is 1. The molecule has 0 spiro atoms. The Hall–Kier alpha value is -1.47. The van der Waals surface area contributed by atoms with Gasteiger partial charge in [-0.05, 0) is 40.5 Å². The van der Waals surface area contributed by atoms with Crippen LogP contribution in [0.4, 0.5) is 4.79 Å². The van der Waals surface area contributed by atoms with Gasteiger partial charge in [-0.3, -0.25) is 0 Å². The van der Waals surface area contributed by atoms with Crippen LogP contribution in [0.5, 0.6) is 11.5 Å². The summed E-state index contributed by atoms with van der Waals surface area (Å²) in [6.45, 7) is 5.27. The van der Waals surface area contributed by atoms with Crippen molar-refractivity contribution in [2.45, 2.75) is 13.5 Å². The number of nitrogens with two attached hydrogens (primary N) is 1. The minimum Gasteiger partial charge on any atom is -0.490 e. The highest BCUT2D eigenvalue weighted by atomic mass is 79.9. The lowest BCUT2D eigenvalue weighted by atomic mass is 10.2. The number of rotatable bonds is 7. The minimum atomic E-state index is -0.0406. The molecule has 0 aliphatic carbocycles. The predicted octanol–water partition coefficient (Wildman–Crippen LogP) is 1.71. The SMILES string of the molecule is CCOc1cc(CN)cc(Br)c1OCCN1CCNC1=O. The zero-order valence-corrected chi connectivity index (χ0v) is 13.6. The molecule has 6 nitrogen and oxygen atoms in total. The number of hydrogen-bond donors (Lipinski definition) is 2. The van der Waals surface area contributed by atoms with Gasteiger partial charge in [-0.1, -0.05) is 0 Å². The Morgan fingerprint density at radius 2 is 2.24 bits per heavy atom. The van der Waals surface area contributed by atoms with E-state index in [9.17, 15) is 4.79 Å². The normalized spacial score (nSPS) is 14.2. The third kappa shape index (κ3) is 4.01. The van der Waals surface area contributed by atoms with E-state index in [2.05, 4.69) is 21.2 Å². The number of carbonyl (C=O) groups excluding carboxylic acids is 1. The molecular formula is C14H20BrN3O3. The molecule has 0 unspecified atom stereocenters. The number of carbonyl (C=O) groups is 1. The first kappa shape index (κ1) is 15.9. The third-order valence-corrected chi connectivity index (χ3v) is 3.75. The fourth-order valence-electron chi connectivity index (χ4n) is 2.12. The summed E-state index contributed by atoms with van der Waals surface area (Å²) in [6.07, 6.45) is 0. The lowest BCUT2D eigenvalue weighted by Crippen LogP contribution is -2.31. The summed E-state index contributed by atoms with van der Waals surface area (Å²) in [4.78, 5) is 13.2. The molecule has 1 fully saturated rings. The van der Waals surface area contributed by atoms with Crippen molar-refractivity contribution in [1.82, 2.24) is 10.2 Å². The zero-order chi connectivity index (χ0) is 15.2. The molecule has 21 heavy (non-hydrogen) atoms. The predicted molar refractivity (Wildman–Crippen MR) is 83.7 cm³/mol. The van der Waals surface area contributed by atoms with Crippen LogP contribution in [0.25, 0.3) is 0 Å². The number of hydrogen-bond acceptors (Lipinski definition) is 4. The van der Waals surface area contributed by atoms with Crippen LogP contribution in [-0.4, -0.2) is 43.8 Å². The maximum Gasteiger partial charge on any atom is 0.317 e. The van der Waals surface area contributed by atoms with Gasteiger partial charge in [0.25, 0.3) is 0 Å². The van der Waals surface area contributed by atoms with E-state index < -0.39 is 0 Å². The molecule has 1 heterocycles. The van der Waals surface area contributed by atoms with Gasteiger partial charge in [0.2, 0.25) is 0 Å². The maximum absolute atomic E-state index is 11.4. The Morgan fingerprint density at radius 3 is 2.86 bits per heavy atom. The molecule has 0 atom stereocenters. The fraction of sp³-hybridized carbons (Fsp3) is 0.500. The topological polar surface area (TPSA) is 76.8 Å². The van der Waals surface area contributed by atoms with E-state index in [1.54, 1.807) is 4.90 Å². The molecule has 0 radical (unpaired) electrons. The van der Waals surface area contributed by atoms with Crippen molar-refractivity contribution in [2.75, 3.05) is 32.8 Å². The molecule has 3 N–H and O–H groups in total. The summed E-state index contributed by atoms with van der Waals surface area (Å²) in [5, 5.41) is 2.76. The monoisotopic (exact) mass is 357 g/mol. The Labute approximate surface area is 132 Å². The van der Waals surface area contributed by atoms with Gasteiger partial charge in [-0.2, -0.15) is 0 Å². The van der Waals surface area contributed by atoms with E-state index in [4.69, 9.17) is 15.2 Å². The fourth-order valence-corrected chi connectivity index (χ4v) is 2.73. The standard InChI is InChI=1S/C14H20BrN3O3/c1-2-20-12-8-10(9-16)7-11(15)13(12)21-6-5-18-4-3-17-14(18)19/h7-8H,2-6,9,16H2,1H3,(H,17,19). The van der Waals surface area contributed by atoms with Crippen molar-refractivity contribution in [2.24, 2.45) is 5.73 Å². The Morgan fingerprint density at radius 1 is 1.43 bits per heavy atom. The zero-order valence-electron chi connectivity index (χ0n) is 12.0. The molecule has 1 aromatic rings. The van der Waals surface area contributed by atoms with Crippen molar-refractivity contribution in [3.63, 3.8) is 0 Å². The van der Waals surface area contributed by atoms with Crippen LogP contribution in [0, 0.1) is 0 Å². The van der Waals surface area contributed by atoms with E-state index in [0.29, 0.717) is 50.9 Å². The van der Waals surface area contributed by atoms with Gasteiger partial charge in [-0.15, -0.1) is 0 Å². The molecular weight excluding hydrogens is 338 g/mol. The van der Waals surface area contributed by atoms with Crippen LogP contribution in [0.15, 0.2) is 16.6 Å². The van der Waals surface area contributed by atoms with Gasteiger partial charge < -0.3 is 25.4 Å². The number of ether oxygens (including phenoxy) is 2. The second-order valence-corrected chi connectivity index (χ2v) is 5.46. The quantitative estimate of drug-likeness (QED) is 0.778.